The second-order valence-corrected chi connectivity index (χ2v) is 5.86. The molecule has 0 aromatic carbocycles. The van der Waals surface area contributed by atoms with Gasteiger partial charge in [0.25, 0.3) is 0 Å². The van der Waals surface area contributed by atoms with Crippen LogP contribution in [-0.2, 0) is 4.74 Å². The van der Waals surface area contributed by atoms with E-state index in [4.69, 9.17) is 4.74 Å². The first kappa shape index (κ1) is 7.63. The number of thiol groups is 1. The maximum atomic E-state index is 5.54. The van der Waals surface area contributed by atoms with Crippen LogP contribution in [0, 0.1) is 0 Å². The zero-order valence-corrected chi connectivity index (χ0v) is 8.20. The Labute approximate surface area is 64.4 Å². The van der Waals surface area contributed by atoms with Crippen molar-refractivity contribution >= 4 is 22.1 Å². The summed E-state index contributed by atoms with van der Waals surface area (Å²) >= 11 is 4.49. The van der Waals surface area contributed by atoms with Crippen LogP contribution >= 0.6 is 12.6 Å². The summed E-state index contributed by atoms with van der Waals surface area (Å²) < 4.78 is 5.59. The predicted octanol–water partition coefficient (Wildman–Crippen LogP) is 0.987. The maximum absolute atomic E-state index is 5.54. The van der Waals surface area contributed by atoms with Crippen molar-refractivity contribution in [2.75, 3.05) is 6.61 Å². The van der Waals surface area contributed by atoms with Crippen LogP contribution in [0.4, 0.5) is 0 Å². The van der Waals surface area contributed by atoms with Gasteiger partial charge in [0.05, 0.1) is 14.1 Å². The Balaban J connectivity index is 2.37. The van der Waals surface area contributed by atoms with Gasteiger partial charge >= 0.3 is 0 Å². The molecule has 1 rings (SSSR count). The fourth-order valence-electron chi connectivity index (χ4n) is 1.12. The number of rotatable bonds is 1. The van der Waals surface area contributed by atoms with Crippen LogP contribution in [0.25, 0.3) is 0 Å². The van der Waals surface area contributed by atoms with Gasteiger partial charge in [0.2, 0.25) is 0 Å². The van der Waals surface area contributed by atoms with E-state index in [0.29, 0.717) is 0 Å². The van der Waals surface area contributed by atoms with E-state index in [2.05, 4.69) is 19.2 Å². The minimum absolute atomic E-state index is 0.0538. The lowest BCUT2D eigenvalue weighted by Crippen LogP contribution is -2.35. The van der Waals surface area contributed by atoms with Gasteiger partial charge in [-0.3, -0.25) is 0 Å². The number of ether oxygens (including phenoxy) is 1. The lowest BCUT2D eigenvalue weighted by Gasteiger charge is -2.31. The Morgan fingerprint density at radius 1 is 1.56 bits per heavy atom. The molecule has 1 aliphatic rings. The molecule has 1 unspecified atom stereocenters. The summed E-state index contributed by atoms with van der Waals surface area (Å²) in [5.41, 5.74) is 0. The third-order valence-corrected chi connectivity index (χ3v) is 4.85. The van der Waals surface area contributed by atoms with Crippen molar-refractivity contribution < 1.29 is 4.74 Å². The summed E-state index contributed by atoms with van der Waals surface area (Å²) in [4.78, 5) is 0. The number of hydrogen-bond acceptors (Lipinski definition) is 2. The van der Waals surface area contributed by atoms with E-state index in [0.717, 1.165) is 6.61 Å². The molecule has 0 radical (unpaired) electrons. The average Bonchev–Trinajstić information content (AvgIpc) is 1.90. The molecular weight excluding hydrogens is 148 g/mol. The van der Waals surface area contributed by atoms with Gasteiger partial charge in [-0.2, -0.15) is 0 Å². The Bertz CT molecular complexity index is 91.1. The molecular formula is C6H14OSSi. The van der Waals surface area contributed by atoms with Crippen LogP contribution in [0.3, 0.4) is 0 Å². The fourth-order valence-corrected chi connectivity index (χ4v) is 2.32. The maximum Gasteiger partial charge on any atom is 0.0915 e. The highest BCUT2D eigenvalue weighted by molar-refractivity contribution is 7.83. The first-order chi connectivity index (χ1) is 4.27. The van der Waals surface area contributed by atoms with Gasteiger partial charge < -0.3 is 4.74 Å². The van der Waals surface area contributed by atoms with Crippen LogP contribution in [0.1, 0.15) is 19.3 Å². The Kier molecular flexibility index (Phi) is 2.61. The average molecular weight is 162 g/mol. The van der Waals surface area contributed by atoms with Gasteiger partial charge in [-0.1, -0.05) is 6.55 Å². The molecule has 54 valence electrons. The van der Waals surface area contributed by atoms with Crippen LogP contribution in [-0.4, -0.2) is 20.7 Å². The van der Waals surface area contributed by atoms with E-state index >= 15 is 0 Å². The van der Waals surface area contributed by atoms with Crippen LogP contribution in [0.5, 0.6) is 0 Å². The molecule has 1 nitrogen and oxygen atoms in total. The molecule has 9 heavy (non-hydrogen) atoms. The van der Waals surface area contributed by atoms with Gasteiger partial charge in [0, 0.05) is 6.61 Å². The molecule has 1 aliphatic heterocycles. The molecule has 3 heteroatoms. The monoisotopic (exact) mass is 162 g/mol. The lowest BCUT2D eigenvalue weighted by atomic mass is 10.2. The van der Waals surface area contributed by atoms with E-state index in [1.54, 1.807) is 0 Å². The van der Waals surface area contributed by atoms with Gasteiger partial charge in [0.1, 0.15) is 0 Å². The van der Waals surface area contributed by atoms with E-state index in [1.165, 1.54) is 19.3 Å². The fraction of sp³-hybridized carbons (Fsp3) is 1.00. The van der Waals surface area contributed by atoms with Gasteiger partial charge in [-0.25, -0.2) is 0 Å². The SMILES string of the molecule is C[SiH2]C1(S)CCCCO1. The predicted molar refractivity (Wildman–Crippen MR) is 45.9 cm³/mol. The molecule has 1 heterocycles. The van der Waals surface area contributed by atoms with Crippen molar-refractivity contribution in [2.45, 2.75) is 30.4 Å². The van der Waals surface area contributed by atoms with Crippen molar-refractivity contribution in [1.82, 2.24) is 0 Å². The van der Waals surface area contributed by atoms with Crippen molar-refractivity contribution in [3.63, 3.8) is 0 Å². The smallest absolute Gasteiger partial charge is 0.0915 e. The molecule has 0 amide bonds. The second kappa shape index (κ2) is 3.08. The quantitative estimate of drug-likeness (QED) is 0.447. The van der Waals surface area contributed by atoms with E-state index < -0.39 is 0 Å². The van der Waals surface area contributed by atoms with Crippen molar-refractivity contribution in [3.05, 3.63) is 0 Å². The van der Waals surface area contributed by atoms with Gasteiger partial charge in [0.15, 0.2) is 0 Å². The molecule has 1 atom stereocenters. The summed E-state index contributed by atoms with van der Waals surface area (Å²) in [7, 11) is -0.0863. The highest BCUT2D eigenvalue weighted by Gasteiger charge is 2.26. The normalized spacial score (nSPS) is 38.0. The standard InChI is InChI=1S/C6H14OSSi/c1-9-6(8)4-2-3-5-7-6/h8H,2-5,9H2,1H3. The third-order valence-electron chi connectivity index (χ3n) is 1.88. The summed E-state index contributed by atoms with van der Waals surface area (Å²) in [6.07, 6.45) is 3.72. The molecule has 0 bridgehead atoms. The van der Waals surface area contributed by atoms with Crippen molar-refractivity contribution in [2.24, 2.45) is 0 Å². The lowest BCUT2D eigenvalue weighted by molar-refractivity contribution is 0.0435. The van der Waals surface area contributed by atoms with Crippen molar-refractivity contribution in [1.29, 1.82) is 0 Å². The summed E-state index contributed by atoms with van der Waals surface area (Å²) in [6.45, 7) is 3.20. The van der Waals surface area contributed by atoms with E-state index in [-0.39, 0.29) is 14.1 Å². The highest BCUT2D eigenvalue weighted by atomic mass is 32.1. The first-order valence-electron chi connectivity index (χ1n) is 3.63. The zero-order chi connectivity index (χ0) is 6.74. The van der Waals surface area contributed by atoms with Crippen LogP contribution < -0.4 is 0 Å². The highest BCUT2D eigenvalue weighted by Crippen LogP contribution is 2.26. The Morgan fingerprint density at radius 2 is 2.33 bits per heavy atom. The molecule has 0 saturated carbocycles. The van der Waals surface area contributed by atoms with Crippen molar-refractivity contribution in [3.8, 4) is 0 Å². The molecule has 0 spiro atoms. The Hall–Kier alpha value is 0.527. The summed E-state index contributed by atoms with van der Waals surface area (Å²) in [6, 6.07) is 0. The van der Waals surface area contributed by atoms with Crippen LogP contribution in [0.2, 0.25) is 6.55 Å². The topological polar surface area (TPSA) is 9.23 Å². The minimum Gasteiger partial charge on any atom is -0.369 e. The van der Waals surface area contributed by atoms with Crippen LogP contribution in [0.15, 0.2) is 0 Å². The van der Waals surface area contributed by atoms with E-state index in [1.807, 2.05) is 0 Å². The Morgan fingerprint density at radius 3 is 2.67 bits per heavy atom. The minimum atomic E-state index is -0.0863. The largest absolute Gasteiger partial charge is 0.369 e. The molecule has 0 aliphatic carbocycles. The van der Waals surface area contributed by atoms with Gasteiger partial charge in [-0.15, -0.1) is 12.6 Å². The van der Waals surface area contributed by atoms with E-state index in [9.17, 15) is 0 Å². The molecule has 0 aromatic rings. The molecule has 1 saturated heterocycles. The second-order valence-electron chi connectivity index (χ2n) is 2.61. The third kappa shape index (κ3) is 1.99. The first-order valence-corrected chi connectivity index (χ1v) is 6.20. The summed E-state index contributed by atoms with van der Waals surface area (Å²) in [5, 5.41) is 0. The molecule has 0 N–H and O–H groups in total. The molecule has 1 fully saturated rings. The molecule has 0 aromatic heterocycles. The van der Waals surface area contributed by atoms with Gasteiger partial charge in [-0.05, 0) is 19.3 Å². The zero-order valence-electron chi connectivity index (χ0n) is 5.89. The number of hydrogen-bond donors (Lipinski definition) is 1. The summed E-state index contributed by atoms with van der Waals surface area (Å²) in [5.74, 6) is 0.